The van der Waals surface area contributed by atoms with Crippen molar-refractivity contribution >= 4 is 5.97 Å². The minimum absolute atomic E-state index is 0.225. The number of aromatic amines is 1. The topological polar surface area (TPSA) is 80.1 Å². The molecule has 0 aliphatic carbocycles. The molecule has 0 spiro atoms. The summed E-state index contributed by atoms with van der Waals surface area (Å²) in [7, 11) is 1.33. The molecule has 0 aromatic carbocycles. The van der Waals surface area contributed by atoms with Crippen molar-refractivity contribution in [3.8, 4) is 0 Å². The van der Waals surface area contributed by atoms with Crippen LogP contribution in [0.2, 0.25) is 0 Å². The van der Waals surface area contributed by atoms with Gasteiger partial charge in [-0.15, -0.1) is 0 Å². The zero-order valence-corrected chi connectivity index (χ0v) is 10.1. The Hall–Kier alpha value is -2.08. The standard InChI is InChI=1S/C12H15N3O3/c1-17-12(16)11-3-2-10(18-11)7-13-5-4-9-6-14-8-15-9/h2-3,6,8,13H,4-5,7H2,1H3,(H,14,15). The minimum atomic E-state index is -0.460. The van der Waals surface area contributed by atoms with Crippen molar-refractivity contribution in [3.63, 3.8) is 0 Å². The smallest absolute Gasteiger partial charge is 0.373 e. The molecule has 2 aromatic heterocycles. The molecule has 0 aliphatic rings. The summed E-state index contributed by atoms with van der Waals surface area (Å²) in [5.74, 6) is 0.474. The number of H-pyrrole nitrogens is 1. The van der Waals surface area contributed by atoms with Gasteiger partial charge in [0, 0.05) is 24.9 Å². The van der Waals surface area contributed by atoms with Crippen molar-refractivity contribution in [3.05, 3.63) is 41.9 Å². The lowest BCUT2D eigenvalue weighted by atomic mass is 10.3. The Kier molecular flexibility index (Phi) is 4.14. The van der Waals surface area contributed by atoms with E-state index in [2.05, 4.69) is 20.0 Å². The molecule has 0 saturated carbocycles. The van der Waals surface area contributed by atoms with Crippen LogP contribution < -0.4 is 5.32 Å². The summed E-state index contributed by atoms with van der Waals surface area (Å²) in [4.78, 5) is 18.1. The van der Waals surface area contributed by atoms with Crippen molar-refractivity contribution in [2.75, 3.05) is 13.7 Å². The van der Waals surface area contributed by atoms with Crippen LogP contribution in [0.1, 0.15) is 22.0 Å². The van der Waals surface area contributed by atoms with Gasteiger partial charge in [0.1, 0.15) is 5.76 Å². The molecule has 2 heterocycles. The first-order chi connectivity index (χ1) is 8.79. The Bertz CT molecular complexity index is 490. The fraction of sp³-hybridized carbons (Fsp3) is 0.333. The highest BCUT2D eigenvalue weighted by molar-refractivity contribution is 5.86. The van der Waals surface area contributed by atoms with E-state index >= 15 is 0 Å². The summed E-state index contributed by atoms with van der Waals surface area (Å²) in [6, 6.07) is 3.37. The predicted octanol–water partition coefficient (Wildman–Crippen LogP) is 1.12. The molecule has 6 heteroatoms. The number of furan rings is 1. The molecule has 96 valence electrons. The Balaban J connectivity index is 1.73. The molecule has 0 amide bonds. The van der Waals surface area contributed by atoms with Crippen molar-refractivity contribution < 1.29 is 13.9 Å². The number of carbonyl (C=O) groups excluding carboxylic acids is 1. The number of aromatic nitrogens is 2. The van der Waals surface area contributed by atoms with Crippen LogP contribution in [0, 0.1) is 0 Å². The van der Waals surface area contributed by atoms with E-state index in [9.17, 15) is 4.79 Å². The van der Waals surface area contributed by atoms with Crippen LogP contribution in [0.4, 0.5) is 0 Å². The van der Waals surface area contributed by atoms with Gasteiger partial charge < -0.3 is 19.5 Å². The molecular weight excluding hydrogens is 234 g/mol. The highest BCUT2D eigenvalue weighted by atomic mass is 16.5. The van der Waals surface area contributed by atoms with Crippen LogP contribution in [0.3, 0.4) is 0 Å². The third-order valence-electron chi connectivity index (χ3n) is 2.47. The largest absolute Gasteiger partial charge is 0.463 e. The lowest BCUT2D eigenvalue weighted by Crippen LogP contribution is -2.16. The van der Waals surface area contributed by atoms with Gasteiger partial charge in [0.05, 0.1) is 20.0 Å². The Morgan fingerprint density at radius 3 is 3.17 bits per heavy atom. The Morgan fingerprint density at radius 1 is 1.56 bits per heavy atom. The predicted molar refractivity (Wildman–Crippen MR) is 64.0 cm³/mol. The summed E-state index contributed by atoms with van der Waals surface area (Å²) >= 11 is 0. The normalized spacial score (nSPS) is 10.5. The van der Waals surface area contributed by atoms with E-state index in [4.69, 9.17) is 4.42 Å². The van der Waals surface area contributed by atoms with Crippen molar-refractivity contribution in [1.82, 2.24) is 15.3 Å². The molecule has 0 fully saturated rings. The van der Waals surface area contributed by atoms with Crippen LogP contribution in [-0.2, 0) is 17.7 Å². The second-order valence-corrected chi connectivity index (χ2v) is 3.76. The lowest BCUT2D eigenvalue weighted by Gasteiger charge is -2.01. The van der Waals surface area contributed by atoms with Crippen LogP contribution in [0.5, 0.6) is 0 Å². The molecule has 0 aliphatic heterocycles. The van der Waals surface area contributed by atoms with E-state index in [1.807, 2.05) is 0 Å². The molecule has 0 unspecified atom stereocenters. The van der Waals surface area contributed by atoms with Crippen LogP contribution in [-0.4, -0.2) is 29.6 Å². The van der Waals surface area contributed by atoms with E-state index in [0.29, 0.717) is 12.3 Å². The molecule has 0 bridgehead atoms. The minimum Gasteiger partial charge on any atom is -0.463 e. The number of ether oxygens (including phenoxy) is 1. The molecule has 18 heavy (non-hydrogen) atoms. The number of esters is 1. The number of methoxy groups -OCH3 is 1. The second-order valence-electron chi connectivity index (χ2n) is 3.76. The van der Waals surface area contributed by atoms with E-state index in [1.165, 1.54) is 7.11 Å². The van der Waals surface area contributed by atoms with Gasteiger partial charge in [0.2, 0.25) is 5.76 Å². The van der Waals surface area contributed by atoms with Gasteiger partial charge in [0.25, 0.3) is 0 Å². The van der Waals surface area contributed by atoms with Gasteiger partial charge in [-0.2, -0.15) is 0 Å². The fourth-order valence-corrected chi connectivity index (χ4v) is 1.54. The first kappa shape index (κ1) is 12.4. The zero-order valence-electron chi connectivity index (χ0n) is 10.1. The third kappa shape index (κ3) is 3.21. The van der Waals surface area contributed by atoms with E-state index in [0.717, 1.165) is 18.7 Å². The van der Waals surface area contributed by atoms with Gasteiger partial charge in [-0.05, 0) is 12.1 Å². The van der Waals surface area contributed by atoms with Crippen LogP contribution in [0.25, 0.3) is 0 Å². The highest BCUT2D eigenvalue weighted by Gasteiger charge is 2.10. The number of nitrogens with one attached hydrogen (secondary N) is 2. The van der Waals surface area contributed by atoms with Crippen LogP contribution in [0.15, 0.2) is 29.1 Å². The molecule has 6 nitrogen and oxygen atoms in total. The zero-order chi connectivity index (χ0) is 12.8. The van der Waals surface area contributed by atoms with Crippen molar-refractivity contribution in [1.29, 1.82) is 0 Å². The molecule has 2 N–H and O–H groups in total. The first-order valence-electron chi connectivity index (χ1n) is 5.64. The van der Waals surface area contributed by atoms with Gasteiger partial charge in [-0.1, -0.05) is 0 Å². The summed E-state index contributed by atoms with van der Waals surface area (Å²) in [6.45, 7) is 1.38. The van der Waals surface area contributed by atoms with E-state index in [1.54, 1.807) is 24.7 Å². The second kappa shape index (κ2) is 6.02. The number of imidazole rings is 1. The van der Waals surface area contributed by atoms with Crippen LogP contribution >= 0.6 is 0 Å². The molecular formula is C12H15N3O3. The Morgan fingerprint density at radius 2 is 2.44 bits per heavy atom. The fourth-order valence-electron chi connectivity index (χ4n) is 1.54. The number of nitrogens with zero attached hydrogens (tertiary/aromatic N) is 1. The van der Waals surface area contributed by atoms with E-state index in [-0.39, 0.29) is 5.76 Å². The third-order valence-corrected chi connectivity index (χ3v) is 2.47. The summed E-state index contributed by atoms with van der Waals surface area (Å²) in [5, 5.41) is 3.22. The molecule has 0 radical (unpaired) electrons. The number of hydrogen-bond donors (Lipinski definition) is 2. The molecule has 0 atom stereocenters. The quantitative estimate of drug-likeness (QED) is 0.592. The summed E-state index contributed by atoms with van der Waals surface area (Å²) < 4.78 is 9.88. The SMILES string of the molecule is COC(=O)c1ccc(CNCCc2cnc[nH]2)o1. The first-order valence-corrected chi connectivity index (χ1v) is 5.64. The number of hydrogen-bond acceptors (Lipinski definition) is 5. The van der Waals surface area contributed by atoms with Gasteiger partial charge in [-0.3, -0.25) is 0 Å². The highest BCUT2D eigenvalue weighted by Crippen LogP contribution is 2.08. The van der Waals surface area contributed by atoms with Gasteiger partial charge in [-0.25, -0.2) is 9.78 Å². The molecule has 2 rings (SSSR count). The average Bonchev–Trinajstić information content (AvgIpc) is 3.05. The van der Waals surface area contributed by atoms with Crippen molar-refractivity contribution in [2.45, 2.75) is 13.0 Å². The summed E-state index contributed by atoms with van der Waals surface area (Å²) in [5.41, 5.74) is 1.08. The average molecular weight is 249 g/mol. The van der Waals surface area contributed by atoms with Gasteiger partial charge >= 0.3 is 5.97 Å². The maximum Gasteiger partial charge on any atom is 0.373 e. The summed E-state index contributed by atoms with van der Waals surface area (Å²) in [6.07, 6.45) is 4.32. The Labute approximate surface area is 104 Å². The molecule has 0 saturated heterocycles. The monoisotopic (exact) mass is 249 g/mol. The van der Waals surface area contributed by atoms with Gasteiger partial charge in [0.15, 0.2) is 0 Å². The van der Waals surface area contributed by atoms with Crippen molar-refractivity contribution in [2.24, 2.45) is 0 Å². The molecule has 2 aromatic rings. The lowest BCUT2D eigenvalue weighted by molar-refractivity contribution is 0.0563. The number of carbonyl (C=O) groups is 1. The number of rotatable bonds is 6. The van der Waals surface area contributed by atoms with E-state index < -0.39 is 5.97 Å². The maximum atomic E-state index is 11.2. The maximum absolute atomic E-state index is 11.2.